The molecule has 1 N–H and O–H groups in total. The van der Waals surface area contributed by atoms with Gasteiger partial charge in [-0.2, -0.15) is 4.57 Å². The Bertz CT molecular complexity index is 1170. The van der Waals surface area contributed by atoms with Gasteiger partial charge >= 0.3 is 0 Å². The van der Waals surface area contributed by atoms with E-state index in [1.54, 1.807) is 0 Å². The van der Waals surface area contributed by atoms with Crippen LogP contribution in [-0.2, 0) is 19.4 Å². The van der Waals surface area contributed by atoms with Crippen molar-refractivity contribution in [3.8, 4) is 22.5 Å². The highest BCUT2D eigenvalue weighted by atomic mass is 15.0. The van der Waals surface area contributed by atoms with E-state index in [9.17, 15) is 0 Å². The smallest absolute Gasteiger partial charge is 0.204 e. The zero-order valence-electron chi connectivity index (χ0n) is 15.9. The largest absolute Gasteiger partial charge is 0.213 e. The van der Waals surface area contributed by atoms with Crippen molar-refractivity contribution in [3.63, 3.8) is 0 Å². The van der Waals surface area contributed by atoms with Crippen LogP contribution in [0.5, 0.6) is 0 Å². The van der Waals surface area contributed by atoms with Crippen LogP contribution in [0.4, 0.5) is 0 Å². The summed E-state index contributed by atoms with van der Waals surface area (Å²) in [7, 11) is 0. The monoisotopic (exact) mass is 352 g/mol. The fourth-order valence-electron chi connectivity index (χ4n) is 4.51. The van der Waals surface area contributed by atoms with E-state index in [1.165, 1.54) is 50.1 Å². The first-order chi connectivity index (χ1) is 13.3. The second-order valence-electron chi connectivity index (χ2n) is 7.42. The van der Waals surface area contributed by atoms with Crippen LogP contribution in [0.3, 0.4) is 0 Å². The fraction of sp³-hybridized carbons (Fsp3) is 0.200. The van der Waals surface area contributed by atoms with Gasteiger partial charge in [-0.3, -0.25) is 0 Å². The summed E-state index contributed by atoms with van der Waals surface area (Å²) >= 11 is 0. The molecule has 5 rings (SSSR count). The van der Waals surface area contributed by atoms with E-state index in [2.05, 4.69) is 90.3 Å². The van der Waals surface area contributed by atoms with Crippen LogP contribution < -0.4 is 9.55 Å². The molecule has 1 aliphatic rings. The predicted octanol–water partition coefficient (Wildman–Crippen LogP) is 4.70. The van der Waals surface area contributed by atoms with Crippen LogP contribution in [-0.4, -0.2) is 0 Å². The van der Waals surface area contributed by atoms with Gasteiger partial charge in [-0.1, -0.05) is 25.1 Å². The minimum absolute atomic E-state index is 1.02. The zero-order chi connectivity index (χ0) is 18.4. The van der Waals surface area contributed by atoms with Crippen molar-refractivity contribution < 1.29 is 9.55 Å². The van der Waals surface area contributed by atoms with Crippen LogP contribution in [0.2, 0.25) is 0 Å². The number of aryl methyl sites for hydroxylation is 3. The molecule has 0 aliphatic carbocycles. The molecular weight excluding hydrogens is 328 g/mol. The Kier molecular flexibility index (Phi) is 3.78. The van der Waals surface area contributed by atoms with Crippen molar-refractivity contribution in [3.05, 3.63) is 83.6 Å². The van der Waals surface area contributed by atoms with E-state index in [1.807, 2.05) is 0 Å². The summed E-state index contributed by atoms with van der Waals surface area (Å²) < 4.78 is 2.39. The van der Waals surface area contributed by atoms with Gasteiger partial charge < -0.3 is 0 Å². The van der Waals surface area contributed by atoms with E-state index in [0.717, 1.165) is 19.4 Å². The molecule has 0 unspecified atom stereocenters. The van der Waals surface area contributed by atoms with E-state index in [4.69, 9.17) is 0 Å². The van der Waals surface area contributed by atoms with Gasteiger partial charge in [0.25, 0.3) is 0 Å². The van der Waals surface area contributed by atoms with Crippen LogP contribution >= 0.6 is 0 Å². The predicted molar refractivity (Wildman–Crippen MR) is 109 cm³/mol. The topological polar surface area (TPSA) is 18.0 Å². The number of aromatic nitrogens is 2. The quantitative estimate of drug-likeness (QED) is 0.466. The number of hydrogen-bond donors (Lipinski definition) is 0. The third kappa shape index (κ3) is 2.56. The molecule has 0 saturated heterocycles. The summed E-state index contributed by atoms with van der Waals surface area (Å²) in [5, 5.41) is 1.25. The van der Waals surface area contributed by atoms with Gasteiger partial charge in [0.1, 0.15) is 0 Å². The highest BCUT2D eigenvalue weighted by Gasteiger charge is 2.30. The van der Waals surface area contributed by atoms with E-state index in [-0.39, 0.29) is 0 Å². The Morgan fingerprint density at radius 2 is 1.81 bits per heavy atom. The lowest BCUT2D eigenvalue weighted by atomic mass is 9.84. The summed E-state index contributed by atoms with van der Waals surface area (Å²) in [6.45, 7) is 5.58. The van der Waals surface area contributed by atoms with Crippen LogP contribution in [0.15, 0.2) is 66.9 Å². The van der Waals surface area contributed by atoms with Crippen LogP contribution in [0.25, 0.3) is 33.4 Å². The normalized spacial score (nSPS) is 12.7. The number of aromatic amines is 1. The molecule has 2 heteroatoms. The molecule has 2 nitrogen and oxygen atoms in total. The molecule has 132 valence electrons. The van der Waals surface area contributed by atoms with Gasteiger partial charge in [0.05, 0.1) is 11.1 Å². The van der Waals surface area contributed by atoms with E-state index < -0.39 is 0 Å². The van der Waals surface area contributed by atoms with Crippen molar-refractivity contribution >= 4 is 10.9 Å². The molecule has 0 atom stereocenters. The number of fused-ring (bicyclic) bond motifs is 4. The molecule has 0 spiro atoms. The molecule has 0 amide bonds. The number of nitrogens with one attached hydrogen (secondary N) is 1. The van der Waals surface area contributed by atoms with Crippen LogP contribution in [0, 0.1) is 6.92 Å². The van der Waals surface area contributed by atoms with Gasteiger partial charge in [-0.25, -0.2) is 4.98 Å². The molecule has 0 bridgehead atoms. The van der Waals surface area contributed by atoms with Crippen LogP contribution in [0.1, 0.15) is 23.6 Å². The lowest BCUT2D eigenvalue weighted by Crippen LogP contribution is -2.40. The molecule has 2 aromatic carbocycles. The Labute approximate surface area is 160 Å². The van der Waals surface area contributed by atoms with Crippen molar-refractivity contribution in [1.82, 2.24) is 0 Å². The van der Waals surface area contributed by atoms with Gasteiger partial charge in [-0.05, 0) is 48.2 Å². The maximum Gasteiger partial charge on any atom is 0.213 e. The maximum absolute atomic E-state index is 3.71. The van der Waals surface area contributed by atoms with E-state index in [0.29, 0.717) is 0 Å². The summed E-state index contributed by atoms with van der Waals surface area (Å²) in [5.74, 6) is 0. The van der Waals surface area contributed by atoms with E-state index >= 15 is 0 Å². The summed E-state index contributed by atoms with van der Waals surface area (Å²) in [6.07, 6.45) is 4.32. The molecule has 0 saturated carbocycles. The molecule has 3 heterocycles. The van der Waals surface area contributed by atoms with Crippen molar-refractivity contribution in [2.24, 2.45) is 0 Å². The second kappa shape index (κ2) is 6.31. The average Bonchev–Trinajstić information content (AvgIpc) is 2.73. The Balaban J connectivity index is 1.86. The summed E-state index contributed by atoms with van der Waals surface area (Å²) in [4.78, 5) is 3.71. The molecule has 4 aromatic rings. The first-order valence-corrected chi connectivity index (χ1v) is 9.82. The fourth-order valence-corrected chi connectivity index (χ4v) is 4.51. The molecule has 2 aromatic heterocycles. The van der Waals surface area contributed by atoms with Gasteiger partial charge in [-0.15, -0.1) is 0 Å². The highest BCUT2D eigenvalue weighted by Crippen LogP contribution is 2.39. The maximum atomic E-state index is 3.71. The summed E-state index contributed by atoms with van der Waals surface area (Å²) in [6, 6.07) is 21.9. The Hall–Kier alpha value is -3.00. The van der Waals surface area contributed by atoms with Crippen molar-refractivity contribution in [1.29, 1.82) is 0 Å². The SMILES string of the molecule is CCc1cc(C)c2c(c1-c1ccc3ccccc3[nH+]1)-c1cccc[n+]1CC2. The highest BCUT2D eigenvalue weighted by molar-refractivity contribution is 5.86. The number of rotatable bonds is 2. The first-order valence-electron chi connectivity index (χ1n) is 9.82. The van der Waals surface area contributed by atoms with Gasteiger partial charge in [0, 0.05) is 36.1 Å². The number of pyridine rings is 2. The second-order valence-corrected chi connectivity index (χ2v) is 7.42. The minimum Gasteiger partial charge on any atom is -0.204 e. The lowest BCUT2D eigenvalue weighted by Gasteiger charge is -2.21. The number of nitrogens with zero attached hydrogens (tertiary/aromatic N) is 1. The van der Waals surface area contributed by atoms with Crippen molar-refractivity contribution in [2.75, 3.05) is 0 Å². The summed E-state index contributed by atoms with van der Waals surface area (Å²) in [5.41, 5.74) is 10.8. The zero-order valence-corrected chi connectivity index (χ0v) is 15.9. The lowest BCUT2D eigenvalue weighted by molar-refractivity contribution is -0.687. The number of benzene rings is 2. The number of para-hydroxylation sites is 1. The van der Waals surface area contributed by atoms with Crippen molar-refractivity contribution in [2.45, 2.75) is 33.2 Å². The minimum atomic E-state index is 1.02. The third-order valence-electron chi connectivity index (χ3n) is 5.85. The van der Waals surface area contributed by atoms with Gasteiger partial charge in [0.2, 0.25) is 16.9 Å². The third-order valence-corrected chi connectivity index (χ3v) is 5.85. The molecular formula is C25H24N2+2. The standard InChI is InChI=1S/C25H23N2/c1-3-18-16-17(2)20-13-15-27-14-7-6-10-23(27)25(20)24(18)22-12-11-19-8-4-5-9-21(19)26-22/h4-12,14,16H,3,13,15H2,1-2H3/q+1/p+1. The first kappa shape index (κ1) is 16.2. The number of hydrogen-bond acceptors (Lipinski definition) is 0. The molecule has 0 radical (unpaired) electrons. The number of H-pyrrole nitrogens is 1. The van der Waals surface area contributed by atoms with Gasteiger partial charge in [0.15, 0.2) is 12.7 Å². The Morgan fingerprint density at radius 3 is 2.70 bits per heavy atom. The Morgan fingerprint density at radius 1 is 0.963 bits per heavy atom. The molecule has 1 aliphatic heterocycles. The molecule has 0 fully saturated rings. The average molecular weight is 352 g/mol. The molecule has 27 heavy (non-hydrogen) atoms.